The summed E-state index contributed by atoms with van der Waals surface area (Å²) < 4.78 is 4.28. The SMILES string of the molecule is Cn1ccnc1CCn1c(=O)c(N)cn(C)c1=O. The molecule has 2 aromatic heterocycles. The molecule has 0 unspecified atom stereocenters. The predicted octanol–water partition coefficient (Wildman–Crippen LogP) is -0.895. The van der Waals surface area contributed by atoms with Crippen LogP contribution in [0.25, 0.3) is 0 Å². The van der Waals surface area contributed by atoms with Gasteiger partial charge in [0.2, 0.25) is 0 Å². The van der Waals surface area contributed by atoms with Crippen LogP contribution in [0.1, 0.15) is 5.82 Å². The minimum atomic E-state index is -0.452. The van der Waals surface area contributed by atoms with Gasteiger partial charge in [-0.25, -0.2) is 9.78 Å². The zero-order valence-corrected chi connectivity index (χ0v) is 10.3. The van der Waals surface area contributed by atoms with E-state index < -0.39 is 5.56 Å². The Morgan fingerprint density at radius 3 is 2.61 bits per heavy atom. The fraction of sp³-hybridized carbons (Fsp3) is 0.364. The van der Waals surface area contributed by atoms with Crippen molar-refractivity contribution in [1.82, 2.24) is 18.7 Å². The molecule has 0 radical (unpaired) electrons. The minimum absolute atomic E-state index is 0.0666. The molecule has 0 aromatic carbocycles. The summed E-state index contributed by atoms with van der Waals surface area (Å²) in [7, 11) is 3.43. The summed E-state index contributed by atoms with van der Waals surface area (Å²) in [4.78, 5) is 27.8. The Hall–Kier alpha value is -2.31. The standard InChI is InChI=1S/C11H15N5O2/c1-14-6-4-13-9(14)3-5-16-10(17)8(12)7-15(2)11(16)18/h4,6-7H,3,5,12H2,1-2H3. The third-order valence-electron chi connectivity index (χ3n) is 2.84. The normalized spacial score (nSPS) is 10.8. The van der Waals surface area contributed by atoms with Crippen molar-refractivity contribution in [2.75, 3.05) is 5.73 Å². The van der Waals surface area contributed by atoms with E-state index in [-0.39, 0.29) is 17.9 Å². The molecule has 2 aromatic rings. The number of nitrogens with zero attached hydrogens (tertiary/aromatic N) is 4. The average Bonchev–Trinajstić information content (AvgIpc) is 2.73. The molecular formula is C11H15N5O2. The Labute approximate surface area is 103 Å². The Kier molecular flexibility index (Phi) is 3.05. The highest BCUT2D eigenvalue weighted by Gasteiger charge is 2.08. The first kappa shape index (κ1) is 12.2. The van der Waals surface area contributed by atoms with Crippen LogP contribution in [0.15, 0.2) is 28.2 Å². The monoisotopic (exact) mass is 249 g/mol. The van der Waals surface area contributed by atoms with Gasteiger partial charge in [0.05, 0.1) is 0 Å². The lowest BCUT2D eigenvalue weighted by atomic mass is 10.4. The molecule has 7 heteroatoms. The van der Waals surface area contributed by atoms with Gasteiger partial charge in [-0.3, -0.25) is 9.36 Å². The predicted molar refractivity (Wildman–Crippen MR) is 67.3 cm³/mol. The van der Waals surface area contributed by atoms with Crippen LogP contribution in [0.3, 0.4) is 0 Å². The third kappa shape index (κ3) is 2.06. The molecule has 0 aliphatic rings. The highest BCUT2D eigenvalue weighted by atomic mass is 16.2. The first-order valence-corrected chi connectivity index (χ1v) is 5.53. The van der Waals surface area contributed by atoms with E-state index in [0.29, 0.717) is 6.42 Å². The zero-order valence-electron chi connectivity index (χ0n) is 10.3. The van der Waals surface area contributed by atoms with Gasteiger partial charge < -0.3 is 14.9 Å². The summed E-state index contributed by atoms with van der Waals surface area (Å²) in [6.45, 7) is 0.265. The van der Waals surface area contributed by atoms with Crippen LogP contribution in [0, 0.1) is 0 Å². The van der Waals surface area contributed by atoms with Gasteiger partial charge in [0.15, 0.2) is 0 Å². The first-order valence-electron chi connectivity index (χ1n) is 5.53. The number of anilines is 1. The Morgan fingerprint density at radius 2 is 2.00 bits per heavy atom. The number of imidazole rings is 1. The Morgan fingerprint density at radius 1 is 1.28 bits per heavy atom. The molecule has 0 aliphatic heterocycles. The van der Waals surface area contributed by atoms with Gasteiger partial charge in [0, 0.05) is 45.7 Å². The molecule has 0 saturated carbocycles. The fourth-order valence-electron chi connectivity index (χ4n) is 1.80. The average molecular weight is 249 g/mol. The van der Waals surface area contributed by atoms with E-state index in [1.54, 1.807) is 13.2 Å². The van der Waals surface area contributed by atoms with Gasteiger partial charge in [0.1, 0.15) is 11.5 Å². The third-order valence-corrected chi connectivity index (χ3v) is 2.84. The molecule has 0 fully saturated rings. The topological polar surface area (TPSA) is 87.8 Å². The second kappa shape index (κ2) is 4.52. The summed E-state index contributed by atoms with van der Waals surface area (Å²) in [5.74, 6) is 0.811. The van der Waals surface area contributed by atoms with E-state index in [1.807, 2.05) is 17.8 Å². The van der Waals surface area contributed by atoms with Crippen LogP contribution in [0.5, 0.6) is 0 Å². The number of aryl methyl sites for hydroxylation is 3. The number of hydrogen-bond acceptors (Lipinski definition) is 4. The molecule has 2 heterocycles. The van der Waals surface area contributed by atoms with Gasteiger partial charge in [-0.2, -0.15) is 0 Å². The molecular weight excluding hydrogens is 234 g/mol. The quantitative estimate of drug-likeness (QED) is 0.764. The number of nitrogen functional groups attached to an aromatic ring is 1. The molecule has 0 bridgehead atoms. The smallest absolute Gasteiger partial charge is 0.330 e. The number of hydrogen-bond donors (Lipinski definition) is 1. The molecule has 0 saturated heterocycles. The summed E-state index contributed by atoms with van der Waals surface area (Å²) in [6, 6.07) is 0. The number of rotatable bonds is 3. The lowest BCUT2D eigenvalue weighted by Gasteiger charge is -2.08. The maximum Gasteiger partial charge on any atom is 0.330 e. The molecule has 2 rings (SSSR count). The van der Waals surface area contributed by atoms with Crippen LogP contribution >= 0.6 is 0 Å². The summed E-state index contributed by atoms with van der Waals surface area (Å²) in [6.07, 6.45) is 5.33. The first-order chi connectivity index (χ1) is 8.50. The summed E-state index contributed by atoms with van der Waals surface area (Å²) in [5.41, 5.74) is 4.80. The highest BCUT2D eigenvalue weighted by Crippen LogP contribution is 1.97. The molecule has 7 nitrogen and oxygen atoms in total. The van der Waals surface area contributed by atoms with Crippen molar-refractivity contribution in [3.63, 3.8) is 0 Å². The summed E-state index contributed by atoms with van der Waals surface area (Å²) in [5, 5.41) is 0. The molecule has 18 heavy (non-hydrogen) atoms. The van der Waals surface area contributed by atoms with E-state index in [2.05, 4.69) is 4.98 Å². The second-order valence-corrected chi connectivity index (χ2v) is 4.14. The van der Waals surface area contributed by atoms with Crippen molar-refractivity contribution < 1.29 is 0 Å². The van der Waals surface area contributed by atoms with E-state index in [0.717, 1.165) is 10.4 Å². The van der Waals surface area contributed by atoms with Gasteiger partial charge >= 0.3 is 5.69 Å². The van der Waals surface area contributed by atoms with E-state index in [9.17, 15) is 9.59 Å². The van der Waals surface area contributed by atoms with Crippen molar-refractivity contribution in [2.45, 2.75) is 13.0 Å². The highest BCUT2D eigenvalue weighted by molar-refractivity contribution is 5.30. The molecule has 0 amide bonds. The van der Waals surface area contributed by atoms with Crippen molar-refractivity contribution in [2.24, 2.45) is 14.1 Å². The second-order valence-electron chi connectivity index (χ2n) is 4.14. The van der Waals surface area contributed by atoms with Crippen molar-refractivity contribution in [1.29, 1.82) is 0 Å². The Bertz CT molecular complexity index is 645. The molecule has 0 spiro atoms. The number of aromatic nitrogens is 4. The van der Waals surface area contributed by atoms with E-state index in [1.165, 1.54) is 10.8 Å². The fourth-order valence-corrected chi connectivity index (χ4v) is 1.80. The van der Waals surface area contributed by atoms with Crippen LogP contribution < -0.4 is 17.0 Å². The van der Waals surface area contributed by atoms with Crippen molar-refractivity contribution in [3.05, 3.63) is 45.3 Å². The van der Waals surface area contributed by atoms with Gasteiger partial charge in [-0.15, -0.1) is 0 Å². The largest absolute Gasteiger partial charge is 0.393 e. The maximum atomic E-state index is 11.8. The van der Waals surface area contributed by atoms with E-state index in [4.69, 9.17) is 5.73 Å². The lowest BCUT2D eigenvalue weighted by molar-refractivity contribution is 0.574. The van der Waals surface area contributed by atoms with Crippen molar-refractivity contribution in [3.8, 4) is 0 Å². The van der Waals surface area contributed by atoms with Crippen LogP contribution in [0.4, 0.5) is 5.69 Å². The van der Waals surface area contributed by atoms with Crippen LogP contribution in [-0.2, 0) is 27.1 Å². The maximum absolute atomic E-state index is 11.8. The van der Waals surface area contributed by atoms with Crippen LogP contribution in [0.2, 0.25) is 0 Å². The summed E-state index contributed by atoms with van der Waals surface area (Å²) >= 11 is 0. The van der Waals surface area contributed by atoms with Crippen LogP contribution in [-0.4, -0.2) is 18.7 Å². The molecule has 0 atom stereocenters. The molecule has 0 aliphatic carbocycles. The zero-order chi connectivity index (χ0) is 13.3. The van der Waals surface area contributed by atoms with E-state index >= 15 is 0 Å². The van der Waals surface area contributed by atoms with Gasteiger partial charge in [0.25, 0.3) is 5.56 Å². The Balaban J connectivity index is 2.33. The lowest BCUT2D eigenvalue weighted by Crippen LogP contribution is -2.40. The van der Waals surface area contributed by atoms with Crippen molar-refractivity contribution >= 4 is 5.69 Å². The molecule has 96 valence electrons. The number of nitrogens with two attached hydrogens (primary N) is 1. The van der Waals surface area contributed by atoms with Gasteiger partial charge in [-0.05, 0) is 0 Å². The minimum Gasteiger partial charge on any atom is -0.393 e. The van der Waals surface area contributed by atoms with Gasteiger partial charge in [-0.1, -0.05) is 0 Å². The molecule has 2 N–H and O–H groups in total.